The Bertz CT molecular complexity index is 2690. The fraction of sp³-hybridized carbons (Fsp3) is 0.566. The first-order valence-electron chi connectivity index (χ1n) is 27.4. The van der Waals surface area contributed by atoms with Crippen LogP contribution in [0.5, 0.6) is 0 Å². The zero-order valence-corrected chi connectivity index (χ0v) is 47.2. The molecule has 1 aromatic carbocycles. The third-order valence-corrected chi connectivity index (χ3v) is 12.9. The summed E-state index contributed by atoms with van der Waals surface area (Å²) in [6.07, 6.45) is 3.01. The number of aromatic nitrogens is 3. The van der Waals surface area contributed by atoms with Crippen molar-refractivity contribution in [2.45, 2.75) is 160 Å². The molecule has 21 N–H and O–H groups in total. The molecule has 8 amide bonds. The Balaban J connectivity index is 2.04. The van der Waals surface area contributed by atoms with Crippen LogP contribution in [0, 0.1) is 11.8 Å². The molecule has 458 valence electrons. The molecule has 30 nitrogen and oxygen atoms in total. The second-order valence-corrected chi connectivity index (χ2v) is 20.8. The maximum Gasteiger partial charge on any atom is 0.322 e. The van der Waals surface area contributed by atoms with E-state index in [0.717, 1.165) is 0 Å². The SMILES string of the molecule is CC(C)C[C@H](NC(=O)[C@H](Cc1c[nH]c2ccccc12)NC(=O)[C@H](Cc1cnc[nH]1)NC(=O)[C@H](CCC(=O)O)NC(=O)[C@H](CC(C)C)NC(=O)[C@@H](N)CCC(=O)O)C(=O)N[C@@H](CCCN=C(N)N)C(=O)N[C@@H](CCCCN)C(=O)NCC(=O)O. The third kappa shape index (κ3) is 25.3. The topological polar surface area (TPSA) is 506 Å². The van der Waals surface area contributed by atoms with Crippen LogP contribution in [0.3, 0.4) is 0 Å². The molecule has 0 saturated carbocycles. The zero-order chi connectivity index (χ0) is 61.8. The van der Waals surface area contributed by atoms with Crippen molar-refractivity contribution < 1.29 is 68.1 Å². The number of carbonyl (C=O) groups is 11. The van der Waals surface area contributed by atoms with Crippen molar-refractivity contribution >= 4 is 82.0 Å². The largest absolute Gasteiger partial charge is 0.481 e. The standard InChI is InChI=1S/C53H82N16O14/c1-28(2)20-38(66-45(76)33(55)14-16-42(70)71)49(80)65-37(15-17-43(72)73)48(79)69-41(23-31-25-58-27-62-31)52(83)68-40(22-30-24-60-34-11-6-5-10-32(30)34)51(82)67-39(21-29(3)4)50(81)64-36(13-9-19-59-53(56)57)47(78)63-35(12-7-8-18-54)46(77)61-26-44(74)75/h5-6,10-11,24-25,27-29,33,35-41,60H,7-9,12-23,26,54-55H2,1-4H3,(H,58,62)(H,61,77)(H,63,78)(H,64,81)(H,65,80)(H,66,76)(H,67,82)(H,68,83)(H,69,79)(H,70,71)(H,72,73)(H,74,75)(H4,56,57,59)/t33-,35-,36-,37-,38-,39-,40-,41-/m0/s1. The monoisotopic (exact) mass is 1170 g/mol. The highest BCUT2D eigenvalue weighted by atomic mass is 16.4. The number of amides is 8. The van der Waals surface area contributed by atoms with Gasteiger partial charge >= 0.3 is 17.9 Å². The minimum absolute atomic E-state index is 0.00579. The summed E-state index contributed by atoms with van der Waals surface area (Å²) in [5.41, 5.74) is 24.2. The van der Waals surface area contributed by atoms with Crippen LogP contribution in [0.2, 0.25) is 0 Å². The van der Waals surface area contributed by atoms with Crippen LogP contribution < -0.4 is 65.5 Å². The number of unbranched alkanes of at least 4 members (excludes halogenated alkanes) is 1. The number of carboxylic acid groups (broad SMARTS) is 3. The van der Waals surface area contributed by atoms with Gasteiger partial charge in [-0.2, -0.15) is 0 Å². The predicted octanol–water partition coefficient (Wildman–Crippen LogP) is -2.40. The summed E-state index contributed by atoms with van der Waals surface area (Å²) in [4.78, 5) is 161. The number of hydrogen-bond donors (Lipinski definition) is 17. The summed E-state index contributed by atoms with van der Waals surface area (Å²) in [5.74, 6) is -11.6. The molecule has 30 heteroatoms. The molecule has 0 unspecified atom stereocenters. The summed E-state index contributed by atoms with van der Waals surface area (Å²) in [7, 11) is 0. The van der Waals surface area contributed by atoms with Crippen LogP contribution in [0.4, 0.5) is 0 Å². The minimum atomic E-state index is -1.63. The molecule has 0 aliphatic carbocycles. The van der Waals surface area contributed by atoms with E-state index in [0.29, 0.717) is 35.0 Å². The van der Waals surface area contributed by atoms with E-state index in [1.54, 1.807) is 58.2 Å². The van der Waals surface area contributed by atoms with E-state index in [-0.39, 0.29) is 82.3 Å². The number of aliphatic imine (C=N–C) groups is 1. The Labute approximate surface area is 479 Å². The molecule has 0 bridgehead atoms. The van der Waals surface area contributed by atoms with Gasteiger partial charge in [0.05, 0.1) is 12.4 Å². The van der Waals surface area contributed by atoms with Crippen molar-refractivity contribution in [1.29, 1.82) is 0 Å². The van der Waals surface area contributed by atoms with Gasteiger partial charge in [0.15, 0.2) is 5.96 Å². The molecule has 3 aromatic rings. The number of H-pyrrole nitrogens is 2. The van der Waals surface area contributed by atoms with Gasteiger partial charge in [0, 0.05) is 61.2 Å². The highest BCUT2D eigenvalue weighted by molar-refractivity contribution is 5.98. The maximum atomic E-state index is 14.9. The van der Waals surface area contributed by atoms with E-state index in [1.807, 2.05) is 0 Å². The van der Waals surface area contributed by atoms with Crippen LogP contribution in [-0.2, 0) is 65.6 Å². The van der Waals surface area contributed by atoms with Gasteiger partial charge in [-0.1, -0.05) is 45.9 Å². The van der Waals surface area contributed by atoms with Crippen molar-refractivity contribution in [3.8, 4) is 0 Å². The lowest BCUT2D eigenvalue weighted by Gasteiger charge is -2.28. The van der Waals surface area contributed by atoms with Crippen molar-refractivity contribution in [3.05, 3.63) is 54.2 Å². The number of guanidine groups is 1. The fourth-order valence-corrected chi connectivity index (χ4v) is 8.64. The van der Waals surface area contributed by atoms with Crippen LogP contribution in [-0.4, -0.2) is 169 Å². The predicted molar refractivity (Wildman–Crippen MR) is 302 cm³/mol. The lowest BCUT2D eigenvalue weighted by Crippen LogP contribution is -2.61. The molecule has 0 fully saturated rings. The number of nitrogens with zero attached hydrogens (tertiary/aromatic N) is 2. The molecular formula is C53H82N16O14. The molecule has 2 aromatic heterocycles. The van der Waals surface area contributed by atoms with E-state index in [4.69, 9.17) is 28.0 Å². The number of imidazole rings is 1. The molecule has 83 heavy (non-hydrogen) atoms. The number of aliphatic carboxylic acids is 3. The molecule has 0 saturated heterocycles. The van der Waals surface area contributed by atoms with Crippen LogP contribution in [0.15, 0.2) is 48.0 Å². The Morgan fingerprint density at radius 1 is 0.566 bits per heavy atom. The first kappa shape index (κ1) is 68.6. The van der Waals surface area contributed by atoms with Gasteiger partial charge in [0.25, 0.3) is 0 Å². The molecule has 0 spiro atoms. The average Bonchev–Trinajstić information content (AvgIpc) is 4.30. The lowest BCUT2D eigenvalue weighted by molar-refractivity contribution is -0.139. The summed E-state index contributed by atoms with van der Waals surface area (Å²) < 4.78 is 0. The van der Waals surface area contributed by atoms with Crippen molar-refractivity contribution in [2.24, 2.45) is 39.8 Å². The zero-order valence-electron chi connectivity index (χ0n) is 47.2. The average molecular weight is 1170 g/mol. The maximum absolute atomic E-state index is 14.9. The number of benzene rings is 1. The molecule has 3 rings (SSSR count). The van der Waals surface area contributed by atoms with Crippen LogP contribution in [0.1, 0.15) is 110 Å². The molecule has 2 heterocycles. The van der Waals surface area contributed by atoms with Crippen molar-refractivity contribution in [2.75, 3.05) is 19.6 Å². The fourth-order valence-electron chi connectivity index (χ4n) is 8.64. The van der Waals surface area contributed by atoms with Gasteiger partial charge in [-0.3, -0.25) is 57.7 Å². The molecule has 0 aliphatic heterocycles. The van der Waals surface area contributed by atoms with Gasteiger partial charge in [-0.25, -0.2) is 4.98 Å². The summed E-state index contributed by atoms with van der Waals surface area (Å²) in [6.45, 7) is 6.62. The first-order valence-corrected chi connectivity index (χ1v) is 27.4. The third-order valence-electron chi connectivity index (χ3n) is 12.9. The number of rotatable bonds is 39. The van der Waals surface area contributed by atoms with Gasteiger partial charge in [-0.15, -0.1) is 0 Å². The van der Waals surface area contributed by atoms with E-state index in [2.05, 4.69) is 62.5 Å². The number of nitrogens with one attached hydrogen (secondary N) is 10. The highest BCUT2D eigenvalue weighted by Crippen LogP contribution is 2.20. The quantitative estimate of drug-likeness (QED) is 0.0161. The summed E-state index contributed by atoms with van der Waals surface area (Å²) in [6, 6.07) is -4.18. The van der Waals surface area contributed by atoms with E-state index in [9.17, 15) is 63.0 Å². The highest BCUT2D eigenvalue weighted by Gasteiger charge is 2.36. The molecule has 0 radical (unpaired) electrons. The number of carbonyl (C=O) groups excluding carboxylic acids is 8. The van der Waals surface area contributed by atoms with E-state index in [1.165, 1.54) is 12.5 Å². The number of carboxylic acids is 3. The number of aromatic amines is 2. The van der Waals surface area contributed by atoms with Crippen molar-refractivity contribution in [3.63, 3.8) is 0 Å². The minimum Gasteiger partial charge on any atom is -0.481 e. The number of fused-ring (bicyclic) bond motifs is 1. The van der Waals surface area contributed by atoms with E-state index >= 15 is 0 Å². The van der Waals surface area contributed by atoms with Gasteiger partial charge in [-0.05, 0) is 87.8 Å². The van der Waals surface area contributed by atoms with Crippen molar-refractivity contribution in [1.82, 2.24) is 57.5 Å². The second kappa shape index (κ2) is 35.2. The summed E-state index contributed by atoms with van der Waals surface area (Å²) >= 11 is 0. The number of hydrogen-bond acceptors (Lipinski definition) is 15. The Kier molecular flexibility index (Phi) is 29.1. The van der Waals surface area contributed by atoms with Crippen LogP contribution in [0.25, 0.3) is 10.9 Å². The normalized spacial score (nSPS) is 14.1. The Morgan fingerprint density at radius 3 is 1.58 bits per heavy atom. The summed E-state index contributed by atoms with van der Waals surface area (Å²) in [5, 5.41) is 49.2. The Hall–Kier alpha value is -8.67. The molecule has 0 aliphatic rings. The first-order chi connectivity index (χ1) is 39.3. The van der Waals surface area contributed by atoms with Gasteiger partial charge in [0.2, 0.25) is 47.3 Å². The number of para-hydroxylation sites is 1. The van der Waals surface area contributed by atoms with Gasteiger partial charge in [0.1, 0.15) is 48.8 Å². The smallest absolute Gasteiger partial charge is 0.322 e. The Morgan fingerprint density at radius 2 is 1.05 bits per heavy atom. The van der Waals surface area contributed by atoms with Gasteiger partial charge < -0.3 is 90.8 Å². The molecular weight excluding hydrogens is 1080 g/mol. The second-order valence-electron chi connectivity index (χ2n) is 20.8. The van der Waals surface area contributed by atoms with E-state index < -0.39 is 139 Å². The lowest BCUT2D eigenvalue weighted by atomic mass is 9.99. The van der Waals surface area contributed by atoms with Crippen LogP contribution >= 0.6 is 0 Å². The number of nitrogens with two attached hydrogens (primary N) is 4. The molecule has 8 atom stereocenters.